The van der Waals surface area contributed by atoms with Crippen molar-refractivity contribution in [3.8, 4) is 0 Å². The first-order valence-corrected chi connectivity index (χ1v) is 6.62. The van der Waals surface area contributed by atoms with Gasteiger partial charge >= 0.3 is 6.18 Å². The largest absolute Gasteiger partial charge is 0.418 e. The highest BCUT2D eigenvalue weighted by molar-refractivity contribution is 5.82. The van der Waals surface area contributed by atoms with Gasteiger partial charge in [-0.1, -0.05) is 6.07 Å². The summed E-state index contributed by atoms with van der Waals surface area (Å²) in [6.07, 6.45) is -4.02. The fourth-order valence-corrected chi connectivity index (χ4v) is 2.58. The maximum Gasteiger partial charge on any atom is 0.418 e. The fourth-order valence-electron chi connectivity index (χ4n) is 2.58. The summed E-state index contributed by atoms with van der Waals surface area (Å²) in [4.78, 5) is 13.0. The van der Waals surface area contributed by atoms with Gasteiger partial charge in [0.15, 0.2) is 0 Å². The number of primary amides is 1. The molecule has 116 valence electrons. The molecule has 2 rings (SSSR count). The normalized spacial score (nSPS) is 22.6. The highest BCUT2D eigenvalue weighted by Crippen LogP contribution is 2.41. The molecule has 21 heavy (non-hydrogen) atoms. The monoisotopic (exact) mass is 301 g/mol. The van der Waals surface area contributed by atoms with Crippen molar-refractivity contribution >= 4 is 11.6 Å². The first kappa shape index (κ1) is 15.6. The fraction of sp³-hybridized carbons (Fsp3) is 0.500. The number of rotatable bonds is 3. The van der Waals surface area contributed by atoms with Crippen LogP contribution in [-0.4, -0.2) is 19.0 Å². The highest BCUT2D eigenvalue weighted by atomic mass is 19.4. The van der Waals surface area contributed by atoms with E-state index in [1.54, 1.807) is 17.9 Å². The average molecular weight is 301 g/mol. The number of hydrogen-bond donors (Lipinski definition) is 2. The molecular formula is C14H18F3N3O. The predicted molar refractivity (Wildman–Crippen MR) is 73.5 cm³/mol. The van der Waals surface area contributed by atoms with Crippen molar-refractivity contribution in [2.24, 2.45) is 16.9 Å². The van der Waals surface area contributed by atoms with Crippen LogP contribution in [0.3, 0.4) is 0 Å². The first-order valence-electron chi connectivity index (χ1n) is 6.62. The average Bonchev–Trinajstić information content (AvgIpc) is 2.81. The first-order chi connectivity index (χ1) is 9.67. The van der Waals surface area contributed by atoms with Crippen LogP contribution in [0.5, 0.6) is 0 Å². The zero-order valence-electron chi connectivity index (χ0n) is 11.7. The summed E-state index contributed by atoms with van der Waals surface area (Å²) in [5.74, 6) is -0.489. The van der Waals surface area contributed by atoms with Crippen molar-refractivity contribution in [1.29, 1.82) is 0 Å². The number of amides is 1. The van der Waals surface area contributed by atoms with Gasteiger partial charge in [-0.2, -0.15) is 13.2 Å². The minimum atomic E-state index is -4.47. The third kappa shape index (κ3) is 2.97. The van der Waals surface area contributed by atoms with E-state index < -0.39 is 23.1 Å². The number of carbonyl (C=O) groups is 1. The summed E-state index contributed by atoms with van der Waals surface area (Å²) >= 11 is 0. The Morgan fingerprint density at radius 3 is 2.57 bits per heavy atom. The van der Waals surface area contributed by atoms with E-state index in [0.717, 1.165) is 6.07 Å². The number of nitrogens with two attached hydrogens (primary N) is 2. The topological polar surface area (TPSA) is 72.4 Å². The van der Waals surface area contributed by atoms with Crippen molar-refractivity contribution in [1.82, 2.24) is 0 Å². The molecule has 0 spiro atoms. The maximum absolute atomic E-state index is 13.2. The standard InChI is InChI=1S/C14H18F3N3O/c1-13(12(19)21)4-5-20(8-13)11-3-2-9(7-18)6-10(11)14(15,16)17/h2-3,6H,4-5,7-8,18H2,1H3,(H2,19,21). The molecule has 1 aromatic rings. The Kier molecular flexibility index (Phi) is 3.88. The van der Waals surface area contributed by atoms with Crippen molar-refractivity contribution in [3.05, 3.63) is 29.3 Å². The van der Waals surface area contributed by atoms with Crippen LogP contribution in [0.25, 0.3) is 0 Å². The molecule has 1 aromatic carbocycles. The van der Waals surface area contributed by atoms with E-state index in [1.165, 1.54) is 6.07 Å². The van der Waals surface area contributed by atoms with E-state index >= 15 is 0 Å². The Labute approximate surface area is 120 Å². The summed E-state index contributed by atoms with van der Waals surface area (Å²) in [5.41, 5.74) is 9.72. The molecule has 1 heterocycles. The second-order valence-electron chi connectivity index (χ2n) is 5.65. The molecule has 1 atom stereocenters. The summed E-state index contributed by atoms with van der Waals surface area (Å²) < 4.78 is 39.6. The molecular weight excluding hydrogens is 283 g/mol. The molecule has 7 heteroatoms. The summed E-state index contributed by atoms with van der Waals surface area (Å²) in [7, 11) is 0. The zero-order valence-corrected chi connectivity index (χ0v) is 11.7. The highest BCUT2D eigenvalue weighted by Gasteiger charge is 2.42. The molecule has 0 saturated carbocycles. The van der Waals surface area contributed by atoms with Gasteiger partial charge in [0.1, 0.15) is 0 Å². The van der Waals surface area contributed by atoms with Crippen molar-refractivity contribution in [3.63, 3.8) is 0 Å². The van der Waals surface area contributed by atoms with E-state index in [4.69, 9.17) is 11.5 Å². The van der Waals surface area contributed by atoms with Gasteiger partial charge in [0.25, 0.3) is 0 Å². The molecule has 1 amide bonds. The van der Waals surface area contributed by atoms with E-state index in [2.05, 4.69) is 0 Å². The zero-order chi connectivity index (χ0) is 15.8. The summed E-state index contributed by atoms with van der Waals surface area (Å²) in [6.45, 7) is 2.27. The van der Waals surface area contributed by atoms with Crippen LogP contribution in [0.15, 0.2) is 18.2 Å². The van der Waals surface area contributed by atoms with Crippen LogP contribution in [0.2, 0.25) is 0 Å². The Morgan fingerprint density at radius 2 is 2.10 bits per heavy atom. The summed E-state index contributed by atoms with van der Waals surface area (Å²) in [6, 6.07) is 4.05. The lowest BCUT2D eigenvalue weighted by Gasteiger charge is -2.25. The van der Waals surface area contributed by atoms with Crippen molar-refractivity contribution in [2.75, 3.05) is 18.0 Å². The van der Waals surface area contributed by atoms with E-state index in [1.807, 2.05) is 0 Å². The quantitative estimate of drug-likeness (QED) is 0.895. The molecule has 0 bridgehead atoms. The smallest absolute Gasteiger partial charge is 0.370 e. The Hall–Kier alpha value is -1.76. The molecule has 1 aliphatic rings. The van der Waals surface area contributed by atoms with Crippen LogP contribution >= 0.6 is 0 Å². The van der Waals surface area contributed by atoms with Gasteiger partial charge in [-0.3, -0.25) is 4.79 Å². The molecule has 0 aliphatic carbocycles. The Bertz CT molecular complexity index is 559. The van der Waals surface area contributed by atoms with Gasteiger partial charge in [0, 0.05) is 25.3 Å². The Balaban J connectivity index is 2.39. The molecule has 1 unspecified atom stereocenters. The molecule has 1 saturated heterocycles. The number of carbonyl (C=O) groups excluding carboxylic acids is 1. The Morgan fingerprint density at radius 1 is 1.43 bits per heavy atom. The third-order valence-electron chi connectivity index (χ3n) is 4.01. The van der Waals surface area contributed by atoms with Gasteiger partial charge in [-0.25, -0.2) is 0 Å². The lowest BCUT2D eigenvalue weighted by molar-refractivity contribution is -0.137. The van der Waals surface area contributed by atoms with Crippen LogP contribution in [0.4, 0.5) is 18.9 Å². The second kappa shape index (κ2) is 5.22. The minimum absolute atomic E-state index is 0.0440. The number of nitrogens with zero attached hydrogens (tertiary/aromatic N) is 1. The van der Waals surface area contributed by atoms with Gasteiger partial charge in [0.05, 0.1) is 11.0 Å². The van der Waals surface area contributed by atoms with Crippen LogP contribution in [-0.2, 0) is 17.5 Å². The molecule has 4 nitrogen and oxygen atoms in total. The lowest BCUT2D eigenvalue weighted by atomic mass is 9.89. The lowest BCUT2D eigenvalue weighted by Crippen LogP contribution is -2.37. The minimum Gasteiger partial charge on any atom is -0.370 e. The van der Waals surface area contributed by atoms with Crippen LogP contribution < -0.4 is 16.4 Å². The number of hydrogen-bond acceptors (Lipinski definition) is 3. The maximum atomic E-state index is 13.2. The van der Waals surface area contributed by atoms with Crippen LogP contribution in [0, 0.1) is 5.41 Å². The van der Waals surface area contributed by atoms with Gasteiger partial charge < -0.3 is 16.4 Å². The predicted octanol–water partition coefficient (Wildman–Crippen LogP) is 1.87. The molecule has 0 radical (unpaired) electrons. The molecule has 4 N–H and O–H groups in total. The van der Waals surface area contributed by atoms with Crippen molar-refractivity contribution in [2.45, 2.75) is 26.1 Å². The van der Waals surface area contributed by atoms with E-state index in [9.17, 15) is 18.0 Å². The van der Waals surface area contributed by atoms with Gasteiger partial charge in [-0.05, 0) is 31.0 Å². The SMILES string of the molecule is CC1(C(N)=O)CCN(c2ccc(CN)cc2C(F)(F)F)C1. The van der Waals surface area contributed by atoms with Crippen LogP contribution in [0.1, 0.15) is 24.5 Å². The van der Waals surface area contributed by atoms with Crippen molar-refractivity contribution < 1.29 is 18.0 Å². The van der Waals surface area contributed by atoms with Gasteiger partial charge in [-0.15, -0.1) is 0 Å². The second-order valence-corrected chi connectivity index (χ2v) is 5.65. The molecule has 0 aromatic heterocycles. The number of anilines is 1. The summed E-state index contributed by atoms with van der Waals surface area (Å²) in [5, 5.41) is 0. The van der Waals surface area contributed by atoms with Gasteiger partial charge in [0.2, 0.25) is 5.91 Å². The number of alkyl halides is 3. The molecule has 1 fully saturated rings. The van der Waals surface area contributed by atoms with E-state index in [0.29, 0.717) is 18.5 Å². The third-order valence-corrected chi connectivity index (χ3v) is 4.01. The van der Waals surface area contributed by atoms with E-state index in [-0.39, 0.29) is 18.8 Å². The number of halogens is 3. The molecule has 1 aliphatic heterocycles. The number of benzene rings is 1.